The van der Waals surface area contributed by atoms with E-state index < -0.39 is 6.04 Å². The van der Waals surface area contributed by atoms with Gasteiger partial charge in [-0.25, -0.2) is 9.48 Å². The van der Waals surface area contributed by atoms with Crippen molar-refractivity contribution < 1.29 is 4.79 Å². The van der Waals surface area contributed by atoms with Crippen molar-refractivity contribution in [1.29, 1.82) is 0 Å². The largest absolute Gasteiger partial charge is 0.324 e. The summed E-state index contributed by atoms with van der Waals surface area (Å²) in [6, 6.07) is 14.2. The summed E-state index contributed by atoms with van der Waals surface area (Å²) in [6.07, 6.45) is 1.86. The zero-order chi connectivity index (χ0) is 17.9. The zero-order valence-electron chi connectivity index (χ0n) is 13.6. The maximum Gasteiger partial charge on any atom is 0.323 e. The van der Waals surface area contributed by atoms with Crippen LogP contribution in [0.1, 0.15) is 11.6 Å². The first kappa shape index (κ1) is 15.8. The predicted molar refractivity (Wildman–Crippen MR) is 94.5 cm³/mol. The fourth-order valence-corrected chi connectivity index (χ4v) is 2.79. The van der Waals surface area contributed by atoms with Crippen molar-refractivity contribution in [2.24, 2.45) is 0 Å². The summed E-state index contributed by atoms with van der Waals surface area (Å²) < 4.78 is 1.43. The molecule has 4 aromatic rings. The van der Waals surface area contributed by atoms with Gasteiger partial charge in [-0.3, -0.25) is 4.79 Å². The first-order chi connectivity index (χ1) is 12.7. The molecule has 9 nitrogen and oxygen atoms in total. The Kier molecular flexibility index (Phi) is 4.02. The van der Waals surface area contributed by atoms with Crippen LogP contribution in [0.15, 0.2) is 59.7 Å². The minimum atomic E-state index is -0.603. The maximum atomic E-state index is 12.8. The number of rotatable bonds is 5. The van der Waals surface area contributed by atoms with E-state index in [-0.39, 0.29) is 11.6 Å². The van der Waals surface area contributed by atoms with Crippen molar-refractivity contribution in [2.75, 3.05) is 5.32 Å². The van der Waals surface area contributed by atoms with Gasteiger partial charge in [-0.15, -0.1) is 5.10 Å². The smallest absolute Gasteiger partial charge is 0.323 e. The monoisotopic (exact) mass is 349 g/mol. The van der Waals surface area contributed by atoms with E-state index in [2.05, 4.69) is 30.8 Å². The normalized spacial score (nSPS) is 12.2. The Labute approximate surface area is 147 Å². The molecule has 0 fully saturated rings. The lowest BCUT2D eigenvalue weighted by Crippen LogP contribution is -2.28. The van der Waals surface area contributed by atoms with Gasteiger partial charge in [0, 0.05) is 12.1 Å². The van der Waals surface area contributed by atoms with Crippen LogP contribution in [0.5, 0.6) is 0 Å². The molecule has 0 unspecified atom stereocenters. The van der Waals surface area contributed by atoms with Crippen molar-refractivity contribution >= 4 is 22.6 Å². The van der Waals surface area contributed by atoms with Gasteiger partial charge in [0.15, 0.2) is 0 Å². The van der Waals surface area contributed by atoms with Crippen LogP contribution in [0.4, 0.5) is 5.69 Å². The Morgan fingerprint density at radius 1 is 1.12 bits per heavy atom. The highest BCUT2D eigenvalue weighted by molar-refractivity contribution is 5.95. The van der Waals surface area contributed by atoms with Gasteiger partial charge in [-0.1, -0.05) is 30.3 Å². The third-order valence-electron chi connectivity index (χ3n) is 4.04. The predicted octanol–water partition coefficient (Wildman–Crippen LogP) is 1.27. The van der Waals surface area contributed by atoms with Crippen LogP contribution in [-0.4, -0.2) is 36.1 Å². The molecular formula is C17H15N7O2. The van der Waals surface area contributed by atoms with E-state index >= 15 is 0 Å². The first-order valence-electron chi connectivity index (χ1n) is 7.98. The Morgan fingerprint density at radius 2 is 1.92 bits per heavy atom. The van der Waals surface area contributed by atoms with Crippen molar-refractivity contribution in [3.8, 4) is 0 Å². The van der Waals surface area contributed by atoms with Gasteiger partial charge in [-0.2, -0.15) is 0 Å². The fourth-order valence-electron chi connectivity index (χ4n) is 2.79. The van der Waals surface area contributed by atoms with Crippen LogP contribution in [0.2, 0.25) is 0 Å². The molecule has 0 radical (unpaired) electrons. The van der Waals surface area contributed by atoms with Crippen molar-refractivity contribution in [2.45, 2.75) is 12.5 Å². The van der Waals surface area contributed by atoms with Crippen molar-refractivity contribution in [1.82, 2.24) is 30.2 Å². The standard InChI is InChI=1S/C17H15N7O2/c25-16(19-12-6-7-13-14(9-12)21-17(26)20-13)15(24-10-18-22-23-24)8-11-4-2-1-3-5-11/h1-7,9-10,15H,8H2,(H,19,25)(H2,20,21,26)/t15-/m1/s1. The van der Waals surface area contributed by atoms with Crippen LogP contribution in [0, 0.1) is 0 Å². The molecule has 0 aliphatic carbocycles. The highest BCUT2D eigenvalue weighted by Gasteiger charge is 2.22. The lowest BCUT2D eigenvalue weighted by Gasteiger charge is -2.16. The molecule has 9 heteroatoms. The average molecular weight is 349 g/mol. The number of anilines is 1. The Bertz CT molecular complexity index is 1080. The number of tetrazole rings is 1. The molecule has 2 heterocycles. The van der Waals surface area contributed by atoms with Crippen LogP contribution >= 0.6 is 0 Å². The van der Waals surface area contributed by atoms with Gasteiger partial charge < -0.3 is 15.3 Å². The van der Waals surface area contributed by atoms with E-state index in [9.17, 15) is 9.59 Å². The number of hydrogen-bond acceptors (Lipinski definition) is 5. The van der Waals surface area contributed by atoms with Crippen LogP contribution < -0.4 is 11.0 Å². The summed E-state index contributed by atoms with van der Waals surface area (Å²) >= 11 is 0. The number of hydrogen-bond donors (Lipinski definition) is 3. The van der Waals surface area contributed by atoms with Gasteiger partial charge in [0.1, 0.15) is 12.4 Å². The summed E-state index contributed by atoms with van der Waals surface area (Å²) in [5.41, 5.74) is 2.57. The Balaban J connectivity index is 1.59. The first-order valence-corrected chi connectivity index (χ1v) is 7.98. The zero-order valence-corrected chi connectivity index (χ0v) is 13.6. The second kappa shape index (κ2) is 6.63. The SMILES string of the molecule is O=C(Nc1ccc2[nH]c(=O)[nH]c2c1)[C@@H](Cc1ccccc1)n1cnnn1. The molecule has 0 aliphatic rings. The van der Waals surface area contributed by atoms with E-state index in [1.807, 2.05) is 30.3 Å². The fraction of sp³-hybridized carbons (Fsp3) is 0.118. The number of carbonyl (C=O) groups is 1. The summed E-state index contributed by atoms with van der Waals surface area (Å²) in [6.45, 7) is 0. The third-order valence-corrected chi connectivity index (χ3v) is 4.04. The molecular weight excluding hydrogens is 334 g/mol. The van der Waals surface area contributed by atoms with E-state index in [1.165, 1.54) is 11.0 Å². The number of H-pyrrole nitrogens is 2. The molecule has 1 atom stereocenters. The van der Waals surface area contributed by atoms with Crippen molar-refractivity contribution in [3.63, 3.8) is 0 Å². The molecule has 0 saturated carbocycles. The van der Waals surface area contributed by atoms with Crippen LogP contribution in [-0.2, 0) is 11.2 Å². The van der Waals surface area contributed by atoms with E-state index in [0.717, 1.165) is 5.56 Å². The Hall–Kier alpha value is -3.75. The number of benzene rings is 2. The van der Waals surface area contributed by atoms with Gasteiger partial charge in [0.25, 0.3) is 0 Å². The van der Waals surface area contributed by atoms with E-state index in [1.54, 1.807) is 18.2 Å². The molecule has 0 aliphatic heterocycles. The number of aromatic amines is 2. The lowest BCUT2D eigenvalue weighted by atomic mass is 10.1. The summed E-state index contributed by atoms with van der Waals surface area (Å²) in [5.74, 6) is -0.251. The molecule has 2 aromatic carbocycles. The molecule has 4 rings (SSSR count). The van der Waals surface area contributed by atoms with Gasteiger partial charge in [0.2, 0.25) is 5.91 Å². The highest BCUT2D eigenvalue weighted by Crippen LogP contribution is 2.19. The molecule has 2 aromatic heterocycles. The average Bonchev–Trinajstić information content (AvgIpc) is 3.29. The minimum Gasteiger partial charge on any atom is -0.324 e. The van der Waals surface area contributed by atoms with E-state index in [0.29, 0.717) is 23.1 Å². The number of amides is 1. The molecule has 0 bridgehead atoms. The van der Waals surface area contributed by atoms with Gasteiger partial charge in [0.05, 0.1) is 11.0 Å². The Morgan fingerprint density at radius 3 is 2.69 bits per heavy atom. The lowest BCUT2D eigenvalue weighted by molar-refractivity contribution is -0.119. The quantitative estimate of drug-likeness (QED) is 0.501. The summed E-state index contributed by atoms with van der Waals surface area (Å²) in [4.78, 5) is 29.5. The molecule has 1 amide bonds. The third kappa shape index (κ3) is 3.22. The topological polar surface area (TPSA) is 121 Å². The number of nitrogens with one attached hydrogen (secondary N) is 3. The maximum absolute atomic E-state index is 12.8. The molecule has 0 spiro atoms. The second-order valence-corrected chi connectivity index (χ2v) is 5.82. The molecule has 26 heavy (non-hydrogen) atoms. The van der Waals surface area contributed by atoms with Crippen LogP contribution in [0.25, 0.3) is 11.0 Å². The minimum absolute atomic E-state index is 0.251. The molecule has 0 saturated heterocycles. The van der Waals surface area contributed by atoms with E-state index in [4.69, 9.17) is 0 Å². The summed E-state index contributed by atoms with van der Waals surface area (Å²) in [5, 5.41) is 14.0. The number of imidazole rings is 1. The summed E-state index contributed by atoms with van der Waals surface area (Å²) in [7, 11) is 0. The second-order valence-electron chi connectivity index (χ2n) is 5.82. The van der Waals surface area contributed by atoms with Gasteiger partial charge in [-0.05, 0) is 34.2 Å². The highest BCUT2D eigenvalue weighted by atomic mass is 16.2. The van der Waals surface area contributed by atoms with Crippen molar-refractivity contribution in [3.05, 3.63) is 70.9 Å². The van der Waals surface area contributed by atoms with Crippen LogP contribution in [0.3, 0.4) is 0 Å². The molecule has 130 valence electrons. The van der Waals surface area contributed by atoms with Gasteiger partial charge >= 0.3 is 5.69 Å². The number of carbonyl (C=O) groups excluding carboxylic acids is 1. The number of fused-ring (bicyclic) bond motifs is 1. The number of aromatic nitrogens is 6. The molecule has 3 N–H and O–H groups in total. The number of nitrogens with zero attached hydrogens (tertiary/aromatic N) is 4.